The summed E-state index contributed by atoms with van der Waals surface area (Å²) < 4.78 is 30.1. The number of hydrogen-bond acceptors (Lipinski definition) is 6. The van der Waals surface area contributed by atoms with Crippen LogP contribution in [0.1, 0.15) is 16.8 Å². The third-order valence-electron chi connectivity index (χ3n) is 4.54. The number of anilines is 1. The molecule has 0 spiro atoms. The van der Waals surface area contributed by atoms with Crippen molar-refractivity contribution in [3.05, 3.63) is 23.9 Å². The van der Waals surface area contributed by atoms with E-state index >= 15 is 0 Å². The summed E-state index contributed by atoms with van der Waals surface area (Å²) in [6.07, 6.45) is 3.45. The minimum Gasteiger partial charge on any atom is -0.378 e. The molecule has 3 rings (SSSR count). The first-order chi connectivity index (χ1) is 11.9. The molecule has 25 heavy (non-hydrogen) atoms. The highest BCUT2D eigenvalue weighted by atomic mass is 32.2. The molecule has 2 fully saturated rings. The van der Waals surface area contributed by atoms with E-state index in [0.717, 1.165) is 18.9 Å². The maximum absolute atomic E-state index is 12.7. The zero-order valence-corrected chi connectivity index (χ0v) is 15.2. The van der Waals surface area contributed by atoms with Crippen molar-refractivity contribution in [1.82, 2.24) is 14.2 Å². The number of pyridine rings is 1. The number of aromatic nitrogens is 1. The van der Waals surface area contributed by atoms with Crippen molar-refractivity contribution in [2.24, 2.45) is 0 Å². The topological polar surface area (TPSA) is 83.1 Å². The lowest BCUT2D eigenvalue weighted by Crippen LogP contribution is -2.37. The molecule has 1 aromatic heterocycles. The lowest BCUT2D eigenvalue weighted by atomic mass is 10.2. The molecular formula is C16H24N4O4S. The highest BCUT2D eigenvalue weighted by Gasteiger charge is 2.24. The molecule has 1 amide bonds. The largest absolute Gasteiger partial charge is 0.378 e. The Morgan fingerprint density at radius 3 is 2.48 bits per heavy atom. The Morgan fingerprint density at radius 2 is 1.84 bits per heavy atom. The van der Waals surface area contributed by atoms with Crippen LogP contribution in [0.4, 0.5) is 5.82 Å². The first-order valence-corrected chi connectivity index (χ1v) is 10.3. The van der Waals surface area contributed by atoms with Gasteiger partial charge < -0.3 is 14.5 Å². The Kier molecular flexibility index (Phi) is 5.55. The molecule has 2 saturated heterocycles. The van der Waals surface area contributed by atoms with Crippen LogP contribution in [0.25, 0.3) is 0 Å². The standard InChI is InChI=1S/C16H24N4O4S/c1-25(22,23)20-6-2-5-19(7-8-20)16(21)14-3-4-15(17-13-14)18-9-11-24-12-10-18/h3-4,13H,2,5-12H2,1H3. The van der Waals surface area contributed by atoms with Crippen LogP contribution in [0.3, 0.4) is 0 Å². The van der Waals surface area contributed by atoms with Crippen LogP contribution in [0.5, 0.6) is 0 Å². The first-order valence-electron chi connectivity index (χ1n) is 8.48. The van der Waals surface area contributed by atoms with E-state index in [1.807, 2.05) is 6.07 Å². The molecule has 2 aliphatic heterocycles. The Balaban J connectivity index is 1.64. The van der Waals surface area contributed by atoms with E-state index in [0.29, 0.717) is 51.4 Å². The van der Waals surface area contributed by atoms with Gasteiger partial charge in [0.05, 0.1) is 25.0 Å². The zero-order valence-electron chi connectivity index (χ0n) is 14.4. The van der Waals surface area contributed by atoms with E-state index in [9.17, 15) is 13.2 Å². The number of nitrogens with zero attached hydrogens (tertiary/aromatic N) is 4. The molecular weight excluding hydrogens is 344 g/mol. The van der Waals surface area contributed by atoms with Gasteiger partial charge in [0.2, 0.25) is 10.0 Å². The van der Waals surface area contributed by atoms with Crippen LogP contribution in [-0.2, 0) is 14.8 Å². The molecule has 0 unspecified atom stereocenters. The van der Waals surface area contributed by atoms with E-state index in [2.05, 4.69) is 9.88 Å². The zero-order chi connectivity index (χ0) is 17.9. The fourth-order valence-electron chi connectivity index (χ4n) is 3.10. The van der Waals surface area contributed by atoms with Gasteiger partial charge in [-0.2, -0.15) is 0 Å². The number of carbonyl (C=O) groups is 1. The number of rotatable bonds is 3. The van der Waals surface area contributed by atoms with Gasteiger partial charge in [-0.25, -0.2) is 17.7 Å². The lowest BCUT2D eigenvalue weighted by molar-refractivity contribution is 0.0764. The smallest absolute Gasteiger partial charge is 0.255 e. The normalized spacial score (nSPS) is 20.4. The van der Waals surface area contributed by atoms with Crippen LogP contribution in [-0.4, -0.2) is 87.3 Å². The summed E-state index contributed by atoms with van der Waals surface area (Å²) in [5.41, 5.74) is 0.532. The molecule has 9 heteroatoms. The fourth-order valence-corrected chi connectivity index (χ4v) is 3.98. The third kappa shape index (κ3) is 4.47. The number of amides is 1. The predicted molar refractivity (Wildman–Crippen MR) is 94.2 cm³/mol. The van der Waals surface area contributed by atoms with Crippen molar-refractivity contribution in [3.63, 3.8) is 0 Å². The van der Waals surface area contributed by atoms with Crippen LogP contribution in [0, 0.1) is 0 Å². The Morgan fingerprint density at radius 1 is 1.08 bits per heavy atom. The van der Waals surface area contributed by atoms with Gasteiger partial charge in [-0.3, -0.25) is 4.79 Å². The van der Waals surface area contributed by atoms with Gasteiger partial charge in [-0.05, 0) is 18.6 Å². The van der Waals surface area contributed by atoms with Crippen molar-refractivity contribution in [3.8, 4) is 0 Å². The molecule has 2 aliphatic rings. The second-order valence-electron chi connectivity index (χ2n) is 6.31. The number of sulfonamides is 1. The van der Waals surface area contributed by atoms with Gasteiger partial charge in [0.15, 0.2) is 0 Å². The summed E-state index contributed by atoms with van der Waals surface area (Å²) in [7, 11) is -3.21. The molecule has 1 aromatic rings. The Bertz CT molecular complexity index is 701. The van der Waals surface area contributed by atoms with Crippen molar-refractivity contribution in [2.45, 2.75) is 6.42 Å². The van der Waals surface area contributed by atoms with Crippen molar-refractivity contribution < 1.29 is 17.9 Å². The first kappa shape index (κ1) is 18.1. The van der Waals surface area contributed by atoms with Crippen LogP contribution in [0.2, 0.25) is 0 Å². The van der Waals surface area contributed by atoms with Gasteiger partial charge in [0.25, 0.3) is 5.91 Å². The van der Waals surface area contributed by atoms with Gasteiger partial charge in [0.1, 0.15) is 5.82 Å². The molecule has 3 heterocycles. The molecule has 0 atom stereocenters. The van der Waals surface area contributed by atoms with Crippen molar-refractivity contribution in [2.75, 3.05) is 63.6 Å². The SMILES string of the molecule is CS(=O)(=O)N1CCCN(C(=O)c2ccc(N3CCOCC3)nc2)CC1. The average Bonchev–Trinajstić information content (AvgIpc) is 2.88. The monoisotopic (exact) mass is 368 g/mol. The predicted octanol–water partition coefficient (Wildman–Crippen LogP) is 0.0257. The molecule has 0 bridgehead atoms. The summed E-state index contributed by atoms with van der Waals surface area (Å²) in [5.74, 6) is 0.746. The minimum absolute atomic E-state index is 0.101. The molecule has 138 valence electrons. The van der Waals surface area contributed by atoms with E-state index in [4.69, 9.17) is 4.74 Å². The number of morpholine rings is 1. The van der Waals surface area contributed by atoms with Crippen LogP contribution >= 0.6 is 0 Å². The molecule has 0 radical (unpaired) electrons. The molecule has 0 saturated carbocycles. The maximum Gasteiger partial charge on any atom is 0.255 e. The summed E-state index contributed by atoms with van der Waals surface area (Å²) >= 11 is 0. The van der Waals surface area contributed by atoms with Crippen molar-refractivity contribution in [1.29, 1.82) is 0 Å². The van der Waals surface area contributed by atoms with Gasteiger partial charge in [-0.1, -0.05) is 0 Å². The van der Waals surface area contributed by atoms with E-state index in [-0.39, 0.29) is 5.91 Å². The number of carbonyl (C=O) groups excluding carboxylic acids is 1. The van der Waals surface area contributed by atoms with Crippen LogP contribution in [0.15, 0.2) is 18.3 Å². The van der Waals surface area contributed by atoms with E-state index < -0.39 is 10.0 Å². The van der Waals surface area contributed by atoms with E-state index in [1.54, 1.807) is 17.2 Å². The average molecular weight is 368 g/mol. The van der Waals surface area contributed by atoms with Gasteiger partial charge >= 0.3 is 0 Å². The second-order valence-corrected chi connectivity index (χ2v) is 8.29. The summed E-state index contributed by atoms with van der Waals surface area (Å²) in [6.45, 7) is 4.72. The summed E-state index contributed by atoms with van der Waals surface area (Å²) in [6, 6.07) is 3.65. The highest BCUT2D eigenvalue weighted by molar-refractivity contribution is 7.88. The second kappa shape index (κ2) is 7.67. The van der Waals surface area contributed by atoms with Crippen molar-refractivity contribution >= 4 is 21.7 Å². The quantitative estimate of drug-likeness (QED) is 0.748. The van der Waals surface area contributed by atoms with Gasteiger partial charge in [0, 0.05) is 45.5 Å². The molecule has 0 N–H and O–H groups in total. The Labute approximate surface area is 148 Å². The third-order valence-corrected chi connectivity index (χ3v) is 5.84. The van der Waals surface area contributed by atoms with Gasteiger partial charge in [-0.15, -0.1) is 0 Å². The van der Waals surface area contributed by atoms with E-state index in [1.165, 1.54) is 10.6 Å². The maximum atomic E-state index is 12.7. The number of ether oxygens (including phenoxy) is 1. The number of hydrogen-bond donors (Lipinski definition) is 0. The van der Waals surface area contributed by atoms with Crippen LogP contribution < -0.4 is 4.90 Å². The molecule has 8 nitrogen and oxygen atoms in total. The lowest BCUT2D eigenvalue weighted by Gasteiger charge is -2.28. The fraction of sp³-hybridized carbons (Fsp3) is 0.625. The highest BCUT2D eigenvalue weighted by Crippen LogP contribution is 2.15. The Hall–Kier alpha value is -1.71. The minimum atomic E-state index is -3.21. The summed E-state index contributed by atoms with van der Waals surface area (Å²) in [4.78, 5) is 20.9. The molecule has 0 aromatic carbocycles. The summed E-state index contributed by atoms with van der Waals surface area (Å²) in [5, 5.41) is 0. The molecule has 0 aliphatic carbocycles.